The zero-order valence-corrected chi connectivity index (χ0v) is 13.4. The highest BCUT2D eigenvalue weighted by Gasteiger charge is 2.12. The number of rotatable bonds is 2. The van der Waals surface area contributed by atoms with E-state index in [1.807, 2.05) is 56.3 Å². The Kier molecular flexibility index (Phi) is 3.27. The number of benzene rings is 2. The number of aromatic nitrogens is 4. The Morgan fingerprint density at radius 3 is 2.42 bits per heavy atom. The van der Waals surface area contributed by atoms with Crippen molar-refractivity contribution in [3.63, 3.8) is 0 Å². The molecule has 24 heavy (non-hydrogen) atoms. The van der Waals surface area contributed by atoms with Crippen LogP contribution < -0.4 is 5.56 Å². The lowest BCUT2D eigenvalue weighted by Crippen LogP contribution is -2.10. The average Bonchev–Trinajstić information content (AvgIpc) is 2.99. The van der Waals surface area contributed by atoms with Crippen LogP contribution in [-0.4, -0.2) is 19.7 Å². The molecule has 4 aromatic rings. The Balaban J connectivity index is 1.98. The van der Waals surface area contributed by atoms with Crippen LogP contribution in [0.1, 0.15) is 11.1 Å². The standard InChI is InChI=1S/C19H16N4O/c1-12-8-13(2)10-15(9-12)23-18-16(11-20-23)19(24)22-17(21-18)14-6-4-3-5-7-14/h3-11H,1-2H3,(H,21,22,24). The molecule has 118 valence electrons. The van der Waals surface area contributed by atoms with Crippen LogP contribution >= 0.6 is 0 Å². The number of hydrogen-bond acceptors (Lipinski definition) is 3. The predicted molar refractivity (Wildman–Crippen MR) is 94.4 cm³/mol. The third kappa shape index (κ3) is 2.40. The minimum Gasteiger partial charge on any atom is -0.306 e. The second-order valence-electron chi connectivity index (χ2n) is 5.92. The Bertz CT molecular complexity index is 1070. The van der Waals surface area contributed by atoms with Gasteiger partial charge in [0.05, 0.1) is 11.9 Å². The van der Waals surface area contributed by atoms with Crippen LogP contribution in [0.3, 0.4) is 0 Å². The fraction of sp³-hybridized carbons (Fsp3) is 0.105. The molecule has 0 aliphatic heterocycles. The van der Waals surface area contributed by atoms with Crippen LogP contribution in [0.15, 0.2) is 59.5 Å². The topological polar surface area (TPSA) is 63.6 Å². The van der Waals surface area contributed by atoms with Gasteiger partial charge in [0.15, 0.2) is 5.65 Å². The number of aryl methyl sites for hydroxylation is 2. The highest BCUT2D eigenvalue weighted by Crippen LogP contribution is 2.20. The maximum atomic E-state index is 12.4. The summed E-state index contributed by atoms with van der Waals surface area (Å²) in [6.45, 7) is 4.08. The van der Waals surface area contributed by atoms with E-state index in [-0.39, 0.29) is 5.56 Å². The van der Waals surface area contributed by atoms with E-state index in [0.29, 0.717) is 16.9 Å². The zero-order valence-electron chi connectivity index (χ0n) is 13.4. The number of aromatic amines is 1. The molecule has 0 saturated carbocycles. The Hall–Kier alpha value is -3.21. The Morgan fingerprint density at radius 1 is 1.00 bits per heavy atom. The van der Waals surface area contributed by atoms with Gasteiger partial charge in [0.1, 0.15) is 11.2 Å². The number of nitrogens with one attached hydrogen (secondary N) is 1. The van der Waals surface area contributed by atoms with E-state index in [4.69, 9.17) is 0 Å². The van der Waals surface area contributed by atoms with Gasteiger partial charge in [-0.2, -0.15) is 5.10 Å². The molecule has 4 rings (SSSR count). The van der Waals surface area contributed by atoms with Crippen molar-refractivity contribution < 1.29 is 0 Å². The maximum Gasteiger partial charge on any atom is 0.262 e. The van der Waals surface area contributed by atoms with Gasteiger partial charge in [-0.25, -0.2) is 9.67 Å². The van der Waals surface area contributed by atoms with Gasteiger partial charge in [-0.1, -0.05) is 36.4 Å². The lowest BCUT2D eigenvalue weighted by Gasteiger charge is -2.07. The predicted octanol–water partition coefficient (Wildman–Crippen LogP) is 3.39. The first-order chi connectivity index (χ1) is 11.6. The molecule has 1 N–H and O–H groups in total. The van der Waals surface area contributed by atoms with Crippen molar-refractivity contribution in [2.45, 2.75) is 13.8 Å². The largest absolute Gasteiger partial charge is 0.306 e. The molecule has 0 amide bonds. The fourth-order valence-corrected chi connectivity index (χ4v) is 2.91. The molecule has 0 fully saturated rings. The third-order valence-electron chi connectivity index (χ3n) is 3.94. The molecule has 2 aromatic heterocycles. The summed E-state index contributed by atoms with van der Waals surface area (Å²) in [5.74, 6) is 0.541. The molecule has 0 aliphatic rings. The Labute approximate surface area is 138 Å². The van der Waals surface area contributed by atoms with Gasteiger partial charge in [0, 0.05) is 5.56 Å². The molecular formula is C19H16N4O. The van der Waals surface area contributed by atoms with E-state index in [9.17, 15) is 4.79 Å². The van der Waals surface area contributed by atoms with Crippen LogP contribution in [0.4, 0.5) is 0 Å². The van der Waals surface area contributed by atoms with Crippen LogP contribution in [0.25, 0.3) is 28.1 Å². The Morgan fingerprint density at radius 2 is 1.71 bits per heavy atom. The molecular weight excluding hydrogens is 300 g/mol. The van der Waals surface area contributed by atoms with Gasteiger partial charge in [-0.3, -0.25) is 4.79 Å². The molecule has 0 bridgehead atoms. The summed E-state index contributed by atoms with van der Waals surface area (Å²) in [6.07, 6.45) is 1.56. The SMILES string of the molecule is Cc1cc(C)cc(-n2ncc3c(=O)[nH]c(-c4ccccc4)nc32)c1. The fourth-order valence-electron chi connectivity index (χ4n) is 2.91. The van der Waals surface area contributed by atoms with Gasteiger partial charge in [0.25, 0.3) is 5.56 Å². The number of fused-ring (bicyclic) bond motifs is 1. The van der Waals surface area contributed by atoms with Gasteiger partial charge >= 0.3 is 0 Å². The molecule has 0 aliphatic carbocycles. The van der Waals surface area contributed by atoms with E-state index < -0.39 is 0 Å². The van der Waals surface area contributed by atoms with Gasteiger partial charge in [-0.15, -0.1) is 0 Å². The monoisotopic (exact) mass is 316 g/mol. The van der Waals surface area contributed by atoms with Crippen LogP contribution in [0.2, 0.25) is 0 Å². The van der Waals surface area contributed by atoms with E-state index in [2.05, 4.69) is 21.1 Å². The van der Waals surface area contributed by atoms with E-state index in [1.54, 1.807) is 10.9 Å². The minimum absolute atomic E-state index is 0.186. The van der Waals surface area contributed by atoms with Gasteiger partial charge in [0.2, 0.25) is 0 Å². The highest BCUT2D eigenvalue weighted by molar-refractivity contribution is 5.77. The van der Waals surface area contributed by atoms with Crippen molar-refractivity contribution in [3.8, 4) is 17.1 Å². The second kappa shape index (κ2) is 5.45. The molecule has 0 radical (unpaired) electrons. The summed E-state index contributed by atoms with van der Waals surface area (Å²) in [5, 5.41) is 4.86. The molecule has 5 nitrogen and oxygen atoms in total. The molecule has 0 atom stereocenters. The quantitative estimate of drug-likeness (QED) is 0.616. The molecule has 2 heterocycles. The summed E-state index contributed by atoms with van der Waals surface area (Å²) in [6, 6.07) is 15.8. The van der Waals surface area contributed by atoms with Crippen molar-refractivity contribution >= 4 is 11.0 Å². The van der Waals surface area contributed by atoms with E-state index in [1.165, 1.54) is 0 Å². The number of nitrogens with zero attached hydrogens (tertiary/aromatic N) is 3. The lowest BCUT2D eigenvalue weighted by atomic mass is 10.1. The first kappa shape index (κ1) is 14.4. The van der Waals surface area contributed by atoms with Crippen molar-refractivity contribution in [2.24, 2.45) is 0 Å². The van der Waals surface area contributed by atoms with Gasteiger partial charge < -0.3 is 4.98 Å². The van der Waals surface area contributed by atoms with E-state index in [0.717, 1.165) is 22.4 Å². The molecule has 0 saturated heterocycles. The average molecular weight is 316 g/mol. The lowest BCUT2D eigenvalue weighted by molar-refractivity contribution is 0.892. The molecule has 2 aromatic carbocycles. The van der Waals surface area contributed by atoms with Gasteiger partial charge in [-0.05, 0) is 37.1 Å². The van der Waals surface area contributed by atoms with Crippen LogP contribution in [0, 0.1) is 13.8 Å². The minimum atomic E-state index is -0.186. The van der Waals surface area contributed by atoms with Crippen molar-refractivity contribution in [3.05, 3.63) is 76.2 Å². The number of hydrogen-bond donors (Lipinski definition) is 1. The number of H-pyrrole nitrogens is 1. The summed E-state index contributed by atoms with van der Waals surface area (Å²) in [7, 11) is 0. The van der Waals surface area contributed by atoms with Crippen LogP contribution in [0.5, 0.6) is 0 Å². The van der Waals surface area contributed by atoms with Crippen molar-refractivity contribution in [1.82, 2.24) is 19.7 Å². The van der Waals surface area contributed by atoms with E-state index >= 15 is 0 Å². The van der Waals surface area contributed by atoms with Crippen molar-refractivity contribution in [1.29, 1.82) is 0 Å². The summed E-state index contributed by atoms with van der Waals surface area (Å²) >= 11 is 0. The second-order valence-corrected chi connectivity index (χ2v) is 5.92. The van der Waals surface area contributed by atoms with Crippen LogP contribution in [-0.2, 0) is 0 Å². The third-order valence-corrected chi connectivity index (χ3v) is 3.94. The molecule has 0 spiro atoms. The first-order valence-corrected chi connectivity index (χ1v) is 7.74. The zero-order chi connectivity index (χ0) is 16.7. The molecule has 0 unspecified atom stereocenters. The van der Waals surface area contributed by atoms with Crippen molar-refractivity contribution in [2.75, 3.05) is 0 Å². The smallest absolute Gasteiger partial charge is 0.262 e. The summed E-state index contributed by atoms with van der Waals surface area (Å²) in [4.78, 5) is 19.9. The summed E-state index contributed by atoms with van der Waals surface area (Å²) < 4.78 is 1.72. The normalized spacial score (nSPS) is 11.1. The maximum absolute atomic E-state index is 12.4. The summed E-state index contributed by atoms with van der Waals surface area (Å²) in [5.41, 5.74) is 4.42. The first-order valence-electron chi connectivity index (χ1n) is 7.74. The highest BCUT2D eigenvalue weighted by atomic mass is 16.1. The molecule has 5 heteroatoms.